The molecule has 1 aromatic rings. The number of thioether (sulfide) groups is 1. The third-order valence-corrected chi connectivity index (χ3v) is 5.48. The van der Waals surface area contributed by atoms with E-state index in [-0.39, 0.29) is 10.9 Å². The zero-order valence-electron chi connectivity index (χ0n) is 9.81. The fourth-order valence-corrected chi connectivity index (χ4v) is 4.21. The van der Waals surface area contributed by atoms with Crippen molar-refractivity contribution in [3.05, 3.63) is 28.7 Å². The zero-order chi connectivity index (χ0) is 12.9. The molecular weight excluding hydrogens is 322 g/mol. The molecular formula is C11H16BrNO2S2. The van der Waals surface area contributed by atoms with E-state index in [0.29, 0.717) is 4.47 Å². The Kier molecular flexibility index (Phi) is 5.99. The van der Waals surface area contributed by atoms with Crippen molar-refractivity contribution in [2.24, 2.45) is 0 Å². The van der Waals surface area contributed by atoms with Gasteiger partial charge in [-0.1, -0.05) is 12.1 Å². The van der Waals surface area contributed by atoms with Gasteiger partial charge in [-0.25, -0.2) is 13.1 Å². The van der Waals surface area contributed by atoms with E-state index in [9.17, 15) is 8.42 Å². The summed E-state index contributed by atoms with van der Waals surface area (Å²) >= 11 is 4.96. The molecule has 0 aromatic heterocycles. The number of nitrogens with one attached hydrogen (secondary N) is 1. The molecule has 0 saturated heterocycles. The minimum Gasteiger partial charge on any atom is -0.208 e. The Labute approximate surface area is 116 Å². The average molecular weight is 338 g/mol. The molecule has 17 heavy (non-hydrogen) atoms. The molecule has 0 aliphatic rings. The van der Waals surface area contributed by atoms with Gasteiger partial charge in [0.25, 0.3) is 0 Å². The van der Waals surface area contributed by atoms with Crippen molar-refractivity contribution >= 4 is 37.7 Å². The fourth-order valence-electron chi connectivity index (χ4n) is 1.34. The largest absolute Gasteiger partial charge is 0.241 e. The predicted molar refractivity (Wildman–Crippen MR) is 76.9 cm³/mol. The second-order valence-electron chi connectivity index (χ2n) is 3.73. The minimum atomic E-state index is -3.43. The molecule has 96 valence electrons. The quantitative estimate of drug-likeness (QED) is 0.868. The molecule has 1 aromatic carbocycles. The van der Waals surface area contributed by atoms with Crippen LogP contribution in [0.3, 0.4) is 0 Å². The summed E-state index contributed by atoms with van der Waals surface area (Å²) < 4.78 is 27.4. The predicted octanol–water partition coefficient (Wildman–Crippen LogP) is 2.87. The molecule has 0 amide bonds. The molecule has 1 rings (SSSR count). The van der Waals surface area contributed by atoms with Gasteiger partial charge in [0, 0.05) is 10.5 Å². The van der Waals surface area contributed by atoms with Crippen LogP contribution >= 0.6 is 27.7 Å². The number of halogens is 1. The highest BCUT2D eigenvalue weighted by atomic mass is 79.9. The maximum atomic E-state index is 12.1. The highest BCUT2D eigenvalue weighted by Gasteiger charge is 2.19. The van der Waals surface area contributed by atoms with Gasteiger partial charge in [0.15, 0.2) is 0 Å². The first-order chi connectivity index (χ1) is 7.97. The van der Waals surface area contributed by atoms with Gasteiger partial charge in [0.1, 0.15) is 0 Å². The lowest BCUT2D eigenvalue weighted by Crippen LogP contribution is -2.33. The van der Waals surface area contributed by atoms with Crippen LogP contribution in [-0.4, -0.2) is 26.5 Å². The molecule has 0 aliphatic heterocycles. The van der Waals surface area contributed by atoms with Crippen LogP contribution in [0.5, 0.6) is 0 Å². The van der Waals surface area contributed by atoms with E-state index < -0.39 is 10.0 Å². The van der Waals surface area contributed by atoms with E-state index in [1.807, 2.05) is 13.2 Å². The Morgan fingerprint density at radius 3 is 2.65 bits per heavy atom. The Balaban J connectivity index is 2.79. The molecule has 0 saturated carbocycles. The van der Waals surface area contributed by atoms with Gasteiger partial charge in [0.2, 0.25) is 10.0 Å². The van der Waals surface area contributed by atoms with E-state index in [1.54, 1.807) is 36.0 Å². The van der Waals surface area contributed by atoms with Crippen LogP contribution in [0, 0.1) is 0 Å². The first kappa shape index (κ1) is 15.0. The zero-order valence-corrected chi connectivity index (χ0v) is 13.0. The van der Waals surface area contributed by atoms with Gasteiger partial charge in [-0.05, 0) is 53.4 Å². The van der Waals surface area contributed by atoms with E-state index in [4.69, 9.17) is 0 Å². The summed E-state index contributed by atoms with van der Waals surface area (Å²) in [4.78, 5) is 0.288. The first-order valence-electron chi connectivity index (χ1n) is 5.23. The van der Waals surface area contributed by atoms with Crippen molar-refractivity contribution in [1.82, 2.24) is 4.72 Å². The van der Waals surface area contributed by atoms with Gasteiger partial charge in [-0.3, -0.25) is 0 Å². The van der Waals surface area contributed by atoms with Crippen molar-refractivity contribution in [1.29, 1.82) is 0 Å². The van der Waals surface area contributed by atoms with Crippen LogP contribution < -0.4 is 4.72 Å². The Hall–Kier alpha value is -0.0400. The van der Waals surface area contributed by atoms with E-state index in [2.05, 4.69) is 20.7 Å². The smallest absolute Gasteiger partial charge is 0.208 e. The van der Waals surface area contributed by atoms with Crippen LogP contribution in [0.15, 0.2) is 33.6 Å². The summed E-state index contributed by atoms with van der Waals surface area (Å²) in [5.41, 5.74) is 0. The van der Waals surface area contributed by atoms with Gasteiger partial charge in [0.05, 0.1) is 4.90 Å². The van der Waals surface area contributed by atoms with Crippen LogP contribution in [0.4, 0.5) is 0 Å². The lowest BCUT2D eigenvalue weighted by atomic mass is 10.3. The molecule has 0 aliphatic carbocycles. The van der Waals surface area contributed by atoms with Crippen molar-refractivity contribution in [3.8, 4) is 0 Å². The molecule has 3 nitrogen and oxygen atoms in total. The van der Waals surface area contributed by atoms with Crippen LogP contribution in [-0.2, 0) is 10.0 Å². The standard InChI is InChI=1S/C11H16BrNO2S2/c1-9(7-8-16-2)13-17(14,15)11-6-4-3-5-10(11)12/h3-6,9,13H,7-8H2,1-2H3. The van der Waals surface area contributed by atoms with E-state index >= 15 is 0 Å². The summed E-state index contributed by atoms with van der Waals surface area (Å²) in [6.45, 7) is 1.88. The minimum absolute atomic E-state index is 0.0560. The van der Waals surface area contributed by atoms with Crippen molar-refractivity contribution < 1.29 is 8.42 Å². The van der Waals surface area contributed by atoms with Crippen molar-refractivity contribution in [3.63, 3.8) is 0 Å². The highest BCUT2D eigenvalue weighted by molar-refractivity contribution is 9.10. The summed E-state index contributed by atoms with van der Waals surface area (Å²) in [6.07, 6.45) is 2.83. The van der Waals surface area contributed by atoms with E-state index in [0.717, 1.165) is 12.2 Å². The summed E-state index contributed by atoms with van der Waals surface area (Å²) in [7, 11) is -3.43. The molecule has 1 atom stereocenters. The van der Waals surface area contributed by atoms with Gasteiger partial charge < -0.3 is 0 Å². The maximum Gasteiger partial charge on any atom is 0.241 e. The summed E-state index contributed by atoms with van der Waals surface area (Å²) in [6, 6.07) is 6.76. The molecule has 1 unspecified atom stereocenters. The number of benzene rings is 1. The number of hydrogen-bond acceptors (Lipinski definition) is 3. The Morgan fingerprint density at radius 1 is 1.41 bits per heavy atom. The van der Waals surface area contributed by atoms with Crippen LogP contribution in [0.25, 0.3) is 0 Å². The Morgan fingerprint density at radius 2 is 2.06 bits per heavy atom. The summed E-state index contributed by atoms with van der Waals surface area (Å²) in [5, 5.41) is 0. The molecule has 0 spiro atoms. The molecule has 0 bridgehead atoms. The van der Waals surface area contributed by atoms with Crippen molar-refractivity contribution in [2.45, 2.75) is 24.3 Å². The Bertz CT molecular complexity index is 462. The third-order valence-electron chi connectivity index (χ3n) is 2.24. The second kappa shape index (κ2) is 6.78. The maximum absolute atomic E-state index is 12.1. The van der Waals surface area contributed by atoms with Gasteiger partial charge in [-0.15, -0.1) is 0 Å². The van der Waals surface area contributed by atoms with Crippen molar-refractivity contribution in [2.75, 3.05) is 12.0 Å². The normalized spacial score (nSPS) is 13.6. The number of rotatable bonds is 6. The van der Waals surface area contributed by atoms with Gasteiger partial charge in [-0.2, -0.15) is 11.8 Å². The number of hydrogen-bond donors (Lipinski definition) is 1. The fraction of sp³-hybridized carbons (Fsp3) is 0.455. The molecule has 0 fully saturated rings. The first-order valence-corrected chi connectivity index (χ1v) is 8.90. The number of sulfonamides is 1. The SMILES string of the molecule is CSCCC(C)NS(=O)(=O)c1ccccc1Br. The summed E-state index contributed by atoms with van der Waals surface area (Å²) in [5.74, 6) is 0.944. The lowest BCUT2D eigenvalue weighted by molar-refractivity contribution is 0.556. The molecule has 0 heterocycles. The second-order valence-corrected chi connectivity index (χ2v) is 7.26. The molecule has 6 heteroatoms. The molecule has 1 N–H and O–H groups in total. The molecule has 0 radical (unpaired) electrons. The third kappa shape index (κ3) is 4.62. The van der Waals surface area contributed by atoms with E-state index in [1.165, 1.54) is 0 Å². The monoisotopic (exact) mass is 337 g/mol. The lowest BCUT2D eigenvalue weighted by Gasteiger charge is -2.14. The van der Waals surface area contributed by atoms with Crippen LogP contribution in [0.2, 0.25) is 0 Å². The average Bonchev–Trinajstić information content (AvgIpc) is 2.26. The van der Waals surface area contributed by atoms with Crippen LogP contribution in [0.1, 0.15) is 13.3 Å². The topological polar surface area (TPSA) is 46.2 Å². The highest BCUT2D eigenvalue weighted by Crippen LogP contribution is 2.21. The van der Waals surface area contributed by atoms with Gasteiger partial charge >= 0.3 is 0 Å².